The van der Waals surface area contributed by atoms with Crippen LogP contribution in [0.1, 0.15) is 46.0 Å². The number of hydrogen-bond donors (Lipinski definition) is 3. The lowest BCUT2D eigenvalue weighted by molar-refractivity contribution is 0.199. The normalized spacial score (nSPS) is 20.5. The minimum atomic E-state index is -0.555. The number of urea groups is 1. The summed E-state index contributed by atoms with van der Waals surface area (Å²) in [6, 6.07) is 1.36. The van der Waals surface area contributed by atoms with Gasteiger partial charge in [0.2, 0.25) is 0 Å². The summed E-state index contributed by atoms with van der Waals surface area (Å²) < 4.78 is 28.2. The number of hydrogen-bond acceptors (Lipinski definition) is 5. The molecule has 10 heteroatoms. The van der Waals surface area contributed by atoms with Gasteiger partial charge in [0.05, 0.1) is 12.4 Å². The van der Waals surface area contributed by atoms with Gasteiger partial charge in [-0.2, -0.15) is 0 Å². The molecule has 1 aliphatic carbocycles. The third-order valence-corrected chi connectivity index (χ3v) is 6.22. The molecule has 2 atom stereocenters. The maximum atomic E-state index is 14.5. The molecule has 1 saturated carbocycles. The molecule has 33 heavy (non-hydrogen) atoms. The van der Waals surface area contributed by atoms with Crippen molar-refractivity contribution in [3.05, 3.63) is 36.3 Å². The van der Waals surface area contributed by atoms with Crippen LogP contribution in [0.25, 0.3) is 22.4 Å². The maximum absolute atomic E-state index is 14.5. The molecule has 3 aromatic rings. The number of rotatable bonds is 4. The molecule has 0 radical (unpaired) electrons. The zero-order valence-electron chi connectivity index (χ0n) is 17.6. The Kier molecular flexibility index (Phi) is 6.71. The molecule has 1 aliphatic heterocycles. The molecule has 176 valence electrons. The number of pyridine rings is 1. The fourth-order valence-electron chi connectivity index (χ4n) is 4.59. The van der Waals surface area contributed by atoms with Gasteiger partial charge in [-0.05, 0) is 44.6 Å². The van der Waals surface area contributed by atoms with Crippen LogP contribution in [0.3, 0.4) is 0 Å². The molecule has 1 unspecified atom stereocenters. The Hall–Kier alpha value is -3.30. The first-order chi connectivity index (χ1) is 15.6. The van der Waals surface area contributed by atoms with Crippen LogP contribution in [0, 0.1) is 11.6 Å². The molecule has 2 aliphatic rings. The number of aromatic amines is 1. The van der Waals surface area contributed by atoms with Crippen LogP contribution in [0.15, 0.2) is 24.7 Å². The number of anilines is 1. The lowest BCUT2D eigenvalue weighted by Gasteiger charge is -2.32. The van der Waals surface area contributed by atoms with Crippen molar-refractivity contribution in [1.29, 1.82) is 0 Å². The van der Waals surface area contributed by atoms with Crippen molar-refractivity contribution in [2.45, 2.75) is 58.0 Å². The third kappa shape index (κ3) is 4.89. The smallest absolute Gasteiger partial charge is 0.317 e. The van der Waals surface area contributed by atoms with Crippen molar-refractivity contribution >= 4 is 22.9 Å². The molecule has 0 aromatic carbocycles. The lowest BCUT2D eigenvalue weighted by Crippen LogP contribution is -2.47. The topological polar surface area (TPSA) is 98.8 Å². The second kappa shape index (κ2) is 9.68. The Morgan fingerprint density at radius 3 is 2.70 bits per heavy atom. The van der Waals surface area contributed by atoms with E-state index in [4.69, 9.17) is 0 Å². The SMILES string of the molecule is C.O=C(N[C@@H]1CCCC(Nc2nc(-c3c[nH]c4ncc(F)cc34)ncc2F)C1)N1CCCC1. The summed E-state index contributed by atoms with van der Waals surface area (Å²) in [4.78, 5) is 29.7. The molecule has 0 spiro atoms. The molecule has 1 saturated heterocycles. The molecule has 3 aromatic heterocycles. The molecule has 8 nitrogen and oxygen atoms in total. The van der Waals surface area contributed by atoms with Crippen LogP contribution in [0.4, 0.5) is 19.4 Å². The van der Waals surface area contributed by atoms with E-state index in [-0.39, 0.29) is 37.2 Å². The summed E-state index contributed by atoms with van der Waals surface area (Å²) in [7, 11) is 0. The largest absolute Gasteiger partial charge is 0.365 e. The van der Waals surface area contributed by atoms with E-state index in [9.17, 15) is 13.6 Å². The van der Waals surface area contributed by atoms with Crippen molar-refractivity contribution in [2.24, 2.45) is 0 Å². The van der Waals surface area contributed by atoms with Gasteiger partial charge in [-0.15, -0.1) is 0 Å². The highest BCUT2D eigenvalue weighted by molar-refractivity contribution is 5.91. The maximum Gasteiger partial charge on any atom is 0.317 e. The van der Waals surface area contributed by atoms with Crippen molar-refractivity contribution in [3.63, 3.8) is 0 Å². The molecule has 2 fully saturated rings. The number of carbonyl (C=O) groups is 1. The standard InChI is InChI=1S/C22H25F2N7O.CH4/c23-13-8-16-17(11-26-19(16)25-10-13)20-27-12-18(24)21(30-20)28-14-4-3-5-15(9-14)29-22(32)31-6-1-2-7-31;/h8,10-12,14-15H,1-7,9H2,(H,25,26)(H,29,32)(H,27,28,30);1H4/t14?,15-;/m1./s1. The number of nitrogens with zero attached hydrogens (tertiary/aromatic N) is 4. The van der Waals surface area contributed by atoms with Crippen molar-refractivity contribution in [1.82, 2.24) is 30.2 Å². The first kappa shape index (κ1) is 22.9. The van der Waals surface area contributed by atoms with E-state index in [1.54, 1.807) is 6.20 Å². The summed E-state index contributed by atoms with van der Waals surface area (Å²) in [5.74, 6) is -0.642. The van der Waals surface area contributed by atoms with E-state index >= 15 is 0 Å². The van der Waals surface area contributed by atoms with Gasteiger partial charge in [0.1, 0.15) is 11.5 Å². The highest BCUT2D eigenvalue weighted by Gasteiger charge is 2.27. The highest BCUT2D eigenvalue weighted by Crippen LogP contribution is 2.28. The van der Waals surface area contributed by atoms with Gasteiger partial charge < -0.3 is 20.5 Å². The summed E-state index contributed by atoms with van der Waals surface area (Å²) in [6.45, 7) is 1.62. The zero-order chi connectivity index (χ0) is 22.1. The summed E-state index contributed by atoms with van der Waals surface area (Å²) in [5.41, 5.74) is 1.06. The fourth-order valence-corrected chi connectivity index (χ4v) is 4.59. The zero-order valence-corrected chi connectivity index (χ0v) is 17.6. The fraction of sp³-hybridized carbons (Fsp3) is 0.478. The Morgan fingerprint density at radius 2 is 1.88 bits per heavy atom. The first-order valence-electron chi connectivity index (χ1n) is 11.0. The number of H-pyrrole nitrogens is 1. The molecule has 5 rings (SSSR count). The van der Waals surface area contributed by atoms with Crippen LogP contribution in [-0.4, -0.2) is 56.0 Å². The first-order valence-corrected chi connectivity index (χ1v) is 11.0. The Bertz CT molecular complexity index is 1130. The van der Waals surface area contributed by atoms with Crippen molar-refractivity contribution < 1.29 is 13.6 Å². The van der Waals surface area contributed by atoms with Gasteiger partial charge in [-0.25, -0.2) is 28.5 Å². The molecule has 3 N–H and O–H groups in total. The average Bonchev–Trinajstić information content (AvgIpc) is 3.46. The van der Waals surface area contributed by atoms with Crippen molar-refractivity contribution in [3.8, 4) is 11.4 Å². The monoisotopic (exact) mass is 457 g/mol. The third-order valence-electron chi connectivity index (χ3n) is 6.22. The van der Waals surface area contributed by atoms with E-state index in [0.717, 1.165) is 57.6 Å². The summed E-state index contributed by atoms with van der Waals surface area (Å²) in [6.07, 6.45) is 9.37. The predicted octanol–water partition coefficient (Wildman–Crippen LogP) is 4.46. The van der Waals surface area contributed by atoms with Gasteiger partial charge >= 0.3 is 6.03 Å². The second-order valence-corrected chi connectivity index (χ2v) is 8.49. The Morgan fingerprint density at radius 1 is 1.09 bits per heavy atom. The molecular weight excluding hydrogens is 428 g/mol. The minimum Gasteiger partial charge on any atom is -0.365 e. The number of amides is 2. The van der Waals surface area contributed by atoms with Gasteiger partial charge in [0.25, 0.3) is 0 Å². The van der Waals surface area contributed by atoms with Gasteiger partial charge in [-0.1, -0.05) is 7.43 Å². The highest BCUT2D eigenvalue weighted by atomic mass is 19.1. The van der Waals surface area contributed by atoms with E-state index in [1.807, 2.05) is 4.90 Å². The number of fused-ring (bicyclic) bond motifs is 1. The quantitative estimate of drug-likeness (QED) is 0.537. The average molecular weight is 458 g/mol. The Labute approximate surface area is 191 Å². The Balaban J connectivity index is 0.00000259. The van der Waals surface area contributed by atoms with E-state index in [0.29, 0.717) is 23.0 Å². The van der Waals surface area contributed by atoms with Gasteiger partial charge in [-0.3, -0.25) is 0 Å². The molecule has 4 heterocycles. The van der Waals surface area contributed by atoms with Gasteiger partial charge in [0.15, 0.2) is 17.5 Å². The van der Waals surface area contributed by atoms with Crippen LogP contribution in [0.5, 0.6) is 0 Å². The second-order valence-electron chi connectivity index (χ2n) is 8.49. The minimum absolute atomic E-state index is 0. The number of likely N-dealkylation sites (tertiary alicyclic amines) is 1. The molecular formula is C23H29F2N7O. The number of halogens is 2. The van der Waals surface area contributed by atoms with Crippen LogP contribution in [-0.2, 0) is 0 Å². The van der Waals surface area contributed by atoms with Gasteiger partial charge in [0, 0.05) is 42.3 Å². The number of carbonyl (C=O) groups excluding carboxylic acids is 1. The lowest BCUT2D eigenvalue weighted by atomic mass is 9.91. The van der Waals surface area contributed by atoms with E-state index in [1.165, 1.54) is 6.07 Å². The van der Waals surface area contributed by atoms with Crippen molar-refractivity contribution in [2.75, 3.05) is 18.4 Å². The van der Waals surface area contributed by atoms with Crippen LogP contribution < -0.4 is 10.6 Å². The van der Waals surface area contributed by atoms with E-state index in [2.05, 4.69) is 30.6 Å². The van der Waals surface area contributed by atoms with Crippen LogP contribution >= 0.6 is 0 Å². The summed E-state index contributed by atoms with van der Waals surface area (Å²) in [5, 5.41) is 6.85. The molecule has 0 bridgehead atoms. The molecule has 2 amide bonds. The van der Waals surface area contributed by atoms with E-state index < -0.39 is 11.6 Å². The predicted molar refractivity (Wildman–Crippen MR) is 123 cm³/mol. The summed E-state index contributed by atoms with van der Waals surface area (Å²) >= 11 is 0. The number of aromatic nitrogens is 4. The number of nitrogens with one attached hydrogen (secondary N) is 3. The van der Waals surface area contributed by atoms with Crippen LogP contribution in [0.2, 0.25) is 0 Å².